The van der Waals surface area contributed by atoms with Crippen LogP contribution in [-0.4, -0.2) is 51.9 Å². The maximum Gasteiger partial charge on any atom is 0.255 e. The van der Waals surface area contributed by atoms with Crippen molar-refractivity contribution in [2.75, 3.05) is 18.8 Å². The van der Waals surface area contributed by atoms with Crippen molar-refractivity contribution in [3.05, 3.63) is 35.6 Å². The first kappa shape index (κ1) is 19.2. The zero-order chi connectivity index (χ0) is 18.8. The smallest absolute Gasteiger partial charge is 0.255 e. The van der Waals surface area contributed by atoms with Gasteiger partial charge in [0, 0.05) is 24.4 Å². The Kier molecular flexibility index (Phi) is 5.90. The minimum Gasteiger partial charge on any atom is -0.341 e. The van der Waals surface area contributed by atoms with Crippen LogP contribution >= 0.6 is 11.8 Å². The number of hydrogen-bond donors (Lipinski definition) is 0. The van der Waals surface area contributed by atoms with Gasteiger partial charge < -0.3 is 9.80 Å². The van der Waals surface area contributed by atoms with Gasteiger partial charge in [0.05, 0.1) is 5.37 Å². The van der Waals surface area contributed by atoms with Crippen LogP contribution in [-0.2, 0) is 4.79 Å². The van der Waals surface area contributed by atoms with Crippen LogP contribution in [0.25, 0.3) is 0 Å². The van der Waals surface area contributed by atoms with E-state index < -0.39 is 6.04 Å². The van der Waals surface area contributed by atoms with Crippen LogP contribution in [0.2, 0.25) is 0 Å². The number of rotatable bonds is 3. The number of benzene rings is 1. The molecule has 6 heteroatoms. The molecule has 1 aromatic rings. The molecule has 4 nitrogen and oxygen atoms in total. The highest BCUT2D eigenvalue weighted by atomic mass is 32.2. The molecule has 0 saturated carbocycles. The summed E-state index contributed by atoms with van der Waals surface area (Å²) in [7, 11) is 0. The second kappa shape index (κ2) is 7.99. The lowest BCUT2D eigenvalue weighted by Crippen LogP contribution is -2.53. The van der Waals surface area contributed by atoms with E-state index in [2.05, 4.69) is 20.8 Å². The van der Waals surface area contributed by atoms with Gasteiger partial charge in [0.1, 0.15) is 11.9 Å². The summed E-state index contributed by atoms with van der Waals surface area (Å²) in [4.78, 5) is 29.9. The van der Waals surface area contributed by atoms with Gasteiger partial charge in [-0.1, -0.05) is 20.8 Å². The lowest BCUT2D eigenvalue weighted by molar-refractivity contribution is -0.136. The van der Waals surface area contributed by atoms with Gasteiger partial charge in [-0.05, 0) is 48.9 Å². The molecule has 0 radical (unpaired) electrons. The molecule has 0 N–H and O–H groups in total. The maximum absolute atomic E-state index is 13.2. The van der Waals surface area contributed by atoms with Crippen LogP contribution < -0.4 is 0 Å². The first-order valence-corrected chi connectivity index (χ1v) is 10.4. The average molecular weight is 379 g/mol. The molecule has 0 spiro atoms. The zero-order valence-corrected chi connectivity index (χ0v) is 16.5. The molecule has 142 valence electrons. The van der Waals surface area contributed by atoms with Crippen LogP contribution in [0.15, 0.2) is 24.3 Å². The van der Waals surface area contributed by atoms with Crippen LogP contribution in [0, 0.1) is 17.7 Å². The fraction of sp³-hybridized carbons (Fsp3) is 0.600. The summed E-state index contributed by atoms with van der Waals surface area (Å²) in [5.41, 5.74) is 0.435. The van der Waals surface area contributed by atoms with Crippen molar-refractivity contribution >= 4 is 23.6 Å². The highest BCUT2D eigenvalue weighted by Crippen LogP contribution is 2.36. The monoisotopic (exact) mass is 378 g/mol. The normalized spacial score (nSPS) is 24.3. The van der Waals surface area contributed by atoms with Gasteiger partial charge in [0.25, 0.3) is 5.91 Å². The Balaban J connectivity index is 1.83. The number of halogens is 1. The Bertz CT molecular complexity index is 656. The SMILES string of the molecule is CC1CCN(C(=O)[C@@H]2CS[C@@H](C(C)C)N2C(=O)c2ccc(F)cc2)CC1. The Labute approximate surface area is 159 Å². The van der Waals surface area contributed by atoms with Gasteiger partial charge in [0.2, 0.25) is 5.91 Å². The van der Waals surface area contributed by atoms with Gasteiger partial charge in [0.15, 0.2) is 0 Å². The predicted molar refractivity (Wildman–Crippen MR) is 102 cm³/mol. The molecular formula is C20H27FN2O2S. The Morgan fingerprint density at radius 2 is 1.77 bits per heavy atom. The third-order valence-corrected chi connectivity index (χ3v) is 6.93. The molecule has 2 saturated heterocycles. The molecule has 0 unspecified atom stereocenters. The Morgan fingerprint density at radius 1 is 1.15 bits per heavy atom. The van der Waals surface area contributed by atoms with Gasteiger partial charge in [-0.3, -0.25) is 9.59 Å². The molecule has 2 fully saturated rings. The molecule has 2 aliphatic heterocycles. The van der Waals surface area contributed by atoms with E-state index in [0.29, 0.717) is 17.2 Å². The fourth-order valence-electron chi connectivity index (χ4n) is 3.67. The number of carbonyl (C=O) groups excluding carboxylic acids is 2. The Hall–Kier alpha value is -1.56. The topological polar surface area (TPSA) is 40.6 Å². The summed E-state index contributed by atoms with van der Waals surface area (Å²) in [6.07, 6.45) is 2.04. The predicted octanol–water partition coefficient (Wildman–Crippen LogP) is 3.62. The molecule has 2 amide bonds. The van der Waals surface area contributed by atoms with Crippen molar-refractivity contribution in [2.45, 2.75) is 45.0 Å². The number of nitrogens with zero attached hydrogens (tertiary/aromatic N) is 2. The van der Waals surface area contributed by atoms with E-state index in [1.807, 2.05) is 4.90 Å². The van der Waals surface area contributed by atoms with Crippen LogP contribution in [0.1, 0.15) is 44.0 Å². The summed E-state index contributed by atoms with van der Waals surface area (Å²) < 4.78 is 13.2. The van der Waals surface area contributed by atoms with E-state index in [1.165, 1.54) is 24.3 Å². The quantitative estimate of drug-likeness (QED) is 0.807. The second-order valence-corrected chi connectivity index (χ2v) is 8.86. The van der Waals surface area contributed by atoms with Gasteiger partial charge in [-0.25, -0.2) is 4.39 Å². The number of likely N-dealkylation sites (tertiary alicyclic amines) is 1. The first-order valence-electron chi connectivity index (χ1n) is 9.37. The van der Waals surface area contributed by atoms with E-state index in [1.54, 1.807) is 16.7 Å². The molecule has 2 atom stereocenters. The molecule has 2 aliphatic rings. The molecule has 3 rings (SSSR count). The van der Waals surface area contributed by atoms with Crippen LogP contribution in [0.4, 0.5) is 4.39 Å². The number of carbonyl (C=O) groups is 2. The fourth-order valence-corrected chi connectivity index (χ4v) is 5.14. The maximum atomic E-state index is 13.2. The lowest BCUT2D eigenvalue weighted by Gasteiger charge is -2.36. The summed E-state index contributed by atoms with van der Waals surface area (Å²) in [5.74, 6) is 1.02. The van der Waals surface area contributed by atoms with Gasteiger partial charge >= 0.3 is 0 Å². The molecule has 0 aliphatic carbocycles. The number of thioether (sulfide) groups is 1. The average Bonchev–Trinajstić information content (AvgIpc) is 3.07. The zero-order valence-electron chi connectivity index (χ0n) is 15.7. The van der Waals surface area contributed by atoms with Crippen molar-refractivity contribution in [2.24, 2.45) is 11.8 Å². The third-order valence-electron chi connectivity index (χ3n) is 5.31. The Morgan fingerprint density at radius 3 is 2.35 bits per heavy atom. The van der Waals surface area contributed by atoms with E-state index in [4.69, 9.17) is 0 Å². The number of amides is 2. The summed E-state index contributed by atoms with van der Waals surface area (Å²) >= 11 is 1.67. The van der Waals surface area contributed by atoms with Crippen molar-refractivity contribution in [3.63, 3.8) is 0 Å². The van der Waals surface area contributed by atoms with Crippen LogP contribution in [0.5, 0.6) is 0 Å². The van der Waals surface area contributed by atoms with E-state index in [0.717, 1.165) is 25.9 Å². The summed E-state index contributed by atoms with van der Waals surface area (Å²) in [5, 5.41) is -0.0368. The molecule has 0 aromatic heterocycles. The molecular weight excluding hydrogens is 351 g/mol. The molecule has 0 bridgehead atoms. The summed E-state index contributed by atoms with van der Waals surface area (Å²) in [6, 6.07) is 5.16. The van der Waals surface area contributed by atoms with Gasteiger partial charge in [-0.15, -0.1) is 11.8 Å². The highest BCUT2D eigenvalue weighted by Gasteiger charge is 2.44. The molecule has 26 heavy (non-hydrogen) atoms. The van der Waals surface area contributed by atoms with Crippen molar-refractivity contribution in [1.29, 1.82) is 0 Å². The lowest BCUT2D eigenvalue weighted by atomic mass is 9.98. The second-order valence-electron chi connectivity index (χ2n) is 7.71. The minimum atomic E-state index is -0.432. The van der Waals surface area contributed by atoms with Crippen molar-refractivity contribution in [3.8, 4) is 0 Å². The number of hydrogen-bond acceptors (Lipinski definition) is 3. The molecule has 2 heterocycles. The standard InChI is InChI=1S/C20H27FN2O2S/c1-13(2)20-23(18(24)15-4-6-16(21)7-5-15)17(12-26-20)19(25)22-10-8-14(3)9-11-22/h4-7,13-14,17,20H,8-12H2,1-3H3/t17-,20-/m0/s1. The van der Waals surface area contributed by atoms with Crippen molar-refractivity contribution < 1.29 is 14.0 Å². The summed E-state index contributed by atoms with van der Waals surface area (Å²) in [6.45, 7) is 7.89. The highest BCUT2D eigenvalue weighted by molar-refractivity contribution is 8.00. The van der Waals surface area contributed by atoms with Crippen LogP contribution in [0.3, 0.4) is 0 Å². The van der Waals surface area contributed by atoms with Crippen molar-refractivity contribution in [1.82, 2.24) is 9.80 Å². The largest absolute Gasteiger partial charge is 0.341 e. The van der Waals surface area contributed by atoms with Gasteiger partial charge in [-0.2, -0.15) is 0 Å². The minimum absolute atomic E-state index is 0.0368. The molecule has 1 aromatic carbocycles. The van der Waals surface area contributed by atoms with E-state index in [9.17, 15) is 14.0 Å². The number of piperidine rings is 1. The third kappa shape index (κ3) is 3.90. The van der Waals surface area contributed by atoms with E-state index in [-0.39, 0.29) is 28.9 Å². The first-order chi connectivity index (χ1) is 12.4. The van der Waals surface area contributed by atoms with E-state index >= 15 is 0 Å².